The van der Waals surface area contributed by atoms with E-state index in [0.717, 1.165) is 29.6 Å². The van der Waals surface area contributed by atoms with E-state index in [2.05, 4.69) is 6.92 Å². The molecule has 5 unspecified atom stereocenters. The van der Waals surface area contributed by atoms with Gasteiger partial charge in [0.25, 0.3) is 0 Å². The molecular formula is C26H48. The summed E-state index contributed by atoms with van der Waals surface area (Å²) in [5, 5.41) is 0. The third-order valence-corrected chi connectivity index (χ3v) is 8.53. The lowest BCUT2D eigenvalue weighted by molar-refractivity contribution is -0.0180. The molecule has 0 saturated heterocycles. The fourth-order valence-electron chi connectivity index (χ4n) is 7.19. The Hall–Kier alpha value is 0. The van der Waals surface area contributed by atoms with Gasteiger partial charge in [-0.2, -0.15) is 0 Å². The Morgan fingerprint density at radius 1 is 0.538 bits per heavy atom. The van der Waals surface area contributed by atoms with Crippen molar-refractivity contribution in [3.05, 3.63) is 0 Å². The molecule has 0 aromatic carbocycles. The third-order valence-electron chi connectivity index (χ3n) is 8.53. The zero-order valence-corrected chi connectivity index (χ0v) is 18.0. The molecule has 26 heavy (non-hydrogen) atoms. The molecule has 0 aromatic rings. The van der Waals surface area contributed by atoms with Gasteiger partial charge in [0.05, 0.1) is 0 Å². The smallest absolute Gasteiger partial charge is 0.0352 e. The Bertz CT molecular complexity index is 359. The Balaban J connectivity index is 1.31. The van der Waals surface area contributed by atoms with Gasteiger partial charge in [-0.1, -0.05) is 110 Å². The lowest BCUT2D eigenvalue weighted by Crippen LogP contribution is -2.43. The zero-order valence-electron chi connectivity index (χ0n) is 18.0. The van der Waals surface area contributed by atoms with Crippen LogP contribution in [0.5, 0.6) is 0 Å². The summed E-state index contributed by atoms with van der Waals surface area (Å²) in [6.07, 6.45) is 30.7. The molecule has 0 aromatic heterocycles. The Morgan fingerprint density at radius 3 is 1.77 bits per heavy atom. The van der Waals surface area contributed by atoms with Gasteiger partial charge in [-0.3, -0.25) is 0 Å². The van der Waals surface area contributed by atoms with Gasteiger partial charge < -0.3 is 0 Å². The second kappa shape index (κ2) is 11.8. The molecule has 3 fully saturated rings. The summed E-state index contributed by atoms with van der Waals surface area (Å²) < 4.78 is 0. The highest BCUT2D eigenvalue weighted by Gasteiger charge is 2.45. The van der Waals surface area contributed by atoms with Crippen LogP contribution in [-0.4, -0.2) is 0 Å². The van der Waals surface area contributed by atoms with Crippen LogP contribution in [0, 0.1) is 29.6 Å². The van der Waals surface area contributed by atoms with Crippen molar-refractivity contribution >= 4 is 0 Å². The van der Waals surface area contributed by atoms with E-state index in [1.807, 2.05) is 0 Å². The van der Waals surface area contributed by atoms with Gasteiger partial charge in [0, 0.05) is 0 Å². The van der Waals surface area contributed by atoms with E-state index >= 15 is 0 Å². The van der Waals surface area contributed by atoms with Crippen LogP contribution in [0.1, 0.15) is 135 Å². The molecule has 0 spiro atoms. The van der Waals surface area contributed by atoms with Crippen LogP contribution in [0.2, 0.25) is 0 Å². The monoisotopic (exact) mass is 360 g/mol. The predicted molar refractivity (Wildman–Crippen MR) is 115 cm³/mol. The maximum Gasteiger partial charge on any atom is -0.0352 e. The van der Waals surface area contributed by atoms with Gasteiger partial charge in [-0.15, -0.1) is 0 Å². The molecule has 0 radical (unpaired) electrons. The van der Waals surface area contributed by atoms with Crippen LogP contribution in [0.25, 0.3) is 0 Å². The van der Waals surface area contributed by atoms with Gasteiger partial charge in [-0.05, 0) is 55.3 Å². The van der Waals surface area contributed by atoms with Gasteiger partial charge in [-0.25, -0.2) is 0 Å². The van der Waals surface area contributed by atoms with E-state index in [9.17, 15) is 0 Å². The van der Waals surface area contributed by atoms with E-state index in [0.29, 0.717) is 0 Å². The molecule has 0 amide bonds. The van der Waals surface area contributed by atoms with E-state index in [1.165, 1.54) is 57.8 Å². The molecule has 152 valence electrons. The summed E-state index contributed by atoms with van der Waals surface area (Å²) >= 11 is 0. The van der Waals surface area contributed by atoms with Crippen molar-refractivity contribution in [1.82, 2.24) is 0 Å². The minimum Gasteiger partial charge on any atom is -0.0654 e. The summed E-state index contributed by atoms with van der Waals surface area (Å²) in [6.45, 7) is 2.32. The highest BCUT2D eigenvalue weighted by molar-refractivity contribution is 4.95. The molecule has 0 aliphatic heterocycles. The highest BCUT2D eigenvalue weighted by Crippen LogP contribution is 2.54. The fraction of sp³-hybridized carbons (Fsp3) is 1.00. The number of rotatable bonds is 11. The third kappa shape index (κ3) is 6.00. The first-order valence-electron chi connectivity index (χ1n) is 12.9. The average molecular weight is 361 g/mol. The van der Waals surface area contributed by atoms with Crippen LogP contribution in [0.3, 0.4) is 0 Å². The molecule has 3 rings (SSSR count). The molecular weight excluding hydrogens is 312 g/mol. The van der Waals surface area contributed by atoms with E-state index in [1.54, 1.807) is 70.6 Å². The van der Waals surface area contributed by atoms with Crippen molar-refractivity contribution < 1.29 is 0 Å². The first-order valence-corrected chi connectivity index (χ1v) is 12.9. The predicted octanol–water partition coefficient (Wildman–Crippen LogP) is 8.93. The first kappa shape index (κ1) is 20.7. The standard InChI is InChI=1S/C26H48/c1-2-3-4-5-6-7-8-9-10-11-16-22-21-23-17-12-13-18-24(23)26-20-15-14-19-25(22)26/h22-26H,2-21H2,1H3. The van der Waals surface area contributed by atoms with Gasteiger partial charge >= 0.3 is 0 Å². The summed E-state index contributed by atoms with van der Waals surface area (Å²) in [6, 6.07) is 0. The fourth-order valence-corrected chi connectivity index (χ4v) is 7.19. The minimum atomic E-state index is 1.12. The largest absolute Gasteiger partial charge is 0.0654 e. The minimum absolute atomic E-state index is 1.12. The number of fused-ring (bicyclic) bond motifs is 3. The number of unbranched alkanes of at least 4 members (excludes halogenated alkanes) is 9. The summed E-state index contributed by atoms with van der Waals surface area (Å²) in [5.74, 6) is 5.69. The molecule has 3 aliphatic carbocycles. The summed E-state index contributed by atoms with van der Waals surface area (Å²) in [7, 11) is 0. The topological polar surface area (TPSA) is 0 Å². The van der Waals surface area contributed by atoms with Gasteiger partial charge in [0.1, 0.15) is 0 Å². The first-order chi connectivity index (χ1) is 12.9. The van der Waals surface area contributed by atoms with Crippen molar-refractivity contribution in [1.29, 1.82) is 0 Å². The van der Waals surface area contributed by atoms with Crippen molar-refractivity contribution in [3.63, 3.8) is 0 Å². The number of hydrogen-bond donors (Lipinski definition) is 0. The maximum absolute atomic E-state index is 2.32. The maximum atomic E-state index is 2.32. The summed E-state index contributed by atoms with van der Waals surface area (Å²) in [4.78, 5) is 0. The molecule has 0 bridgehead atoms. The second-order valence-electron chi connectivity index (χ2n) is 10.3. The second-order valence-corrected chi connectivity index (χ2v) is 10.3. The van der Waals surface area contributed by atoms with Crippen LogP contribution in [0.15, 0.2) is 0 Å². The van der Waals surface area contributed by atoms with Crippen molar-refractivity contribution in [2.75, 3.05) is 0 Å². The Kier molecular flexibility index (Phi) is 9.37. The van der Waals surface area contributed by atoms with Crippen molar-refractivity contribution in [2.45, 2.75) is 135 Å². The zero-order chi connectivity index (χ0) is 18.0. The SMILES string of the molecule is CCCCCCCCCCCCC1CC2CCCCC2C2CCCCC12. The summed E-state index contributed by atoms with van der Waals surface area (Å²) in [5.41, 5.74) is 0. The lowest BCUT2D eigenvalue weighted by Gasteiger charge is -2.52. The van der Waals surface area contributed by atoms with Gasteiger partial charge in [0.2, 0.25) is 0 Å². The molecule has 3 aliphatic rings. The normalized spacial score (nSPS) is 34.3. The van der Waals surface area contributed by atoms with Crippen LogP contribution in [0.4, 0.5) is 0 Å². The average Bonchev–Trinajstić information content (AvgIpc) is 2.69. The van der Waals surface area contributed by atoms with Gasteiger partial charge in [0.15, 0.2) is 0 Å². The molecule has 0 N–H and O–H groups in total. The lowest BCUT2D eigenvalue weighted by atomic mass is 9.54. The van der Waals surface area contributed by atoms with Crippen LogP contribution < -0.4 is 0 Å². The molecule has 0 nitrogen and oxygen atoms in total. The van der Waals surface area contributed by atoms with Crippen LogP contribution in [-0.2, 0) is 0 Å². The molecule has 3 saturated carbocycles. The van der Waals surface area contributed by atoms with Crippen molar-refractivity contribution in [2.24, 2.45) is 29.6 Å². The highest BCUT2D eigenvalue weighted by atomic mass is 14.5. The quantitative estimate of drug-likeness (QED) is 0.322. The van der Waals surface area contributed by atoms with Crippen molar-refractivity contribution in [3.8, 4) is 0 Å². The van der Waals surface area contributed by atoms with E-state index in [-0.39, 0.29) is 0 Å². The molecule has 0 heterocycles. The van der Waals surface area contributed by atoms with E-state index in [4.69, 9.17) is 0 Å². The Morgan fingerprint density at radius 2 is 1.08 bits per heavy atom. The molecule has 5 atom stereocenters. The number of hydrogen-bond acceptors (Lipinski definition) is 0. The Labute approximate surface area is 165 Å². The molecule has 0 heteroatoms. The van der Waals surface area contributed by atoms with Crippen LogP contribution >= 0.6 is 0 Å². The van der Waals surface area contributed by atoms with E-state index < -0.39 is 0 Å².